The molecule has 1 amide bonds. The van der Waals surface area contributed by atoms with Gasteiger partial charge in [0, 0.05) is 30.1 Å². The predicted octanol–water partition coefficient (Wildman–Crippen LogP) is 4.59. The van der Waals surface area contributed by atoms with Crippen LogP contribution in [0.1, 0.15) is 56.7 Å². The molecule has 0 aliphatic heterocycles. The molecule has 2 fully saturated rings. The van der Waals surface area contributed by atoms with E-state index in [0.29, 0.717) is 24.0 Å². The van der Waals surface area contributed by atoms with Crippen molar-refractivity contribution < 1.29 is 4.79 Å². The van der Waals surface area contributed by atoms with Gasteiger partial charge in [-0.25, -0.2) is 9.97 Å². The number of nitrogens with two attached hydrogens (primary N) is 1. The van der Waals surface area contributed by atoms with E-state index < -0.39 is 0 Å². The van der Waals surface area contributed by atoms with E-state index in [1.54, 1.807) is 12.4 Å². The van der Waals surface area contributed by atoms with Crippen LogP contribution in [0.2, 0.25) is 0 Å². The first kappa shape index (κ1) is 20.7. The smallest absolute Gasteiger partial charge is 0.228 e. The molecule has 2 aromatic heterocycles. The maximum Gasteiger partial charge on any atom is 0.228 e. The quantitative estimate of drug-likeness (QED) is 0.508. The average Bonchev–Trinajstić information content (AvgIpc) is 3.67. The van der Waals surface area contributed by atoms with Crippen LogP contribution in [0.3, 0.4) is 0 Å². The van der Waals surface area contributed by atoms with Crippen LogP contribution in [-0.4, -0.2) is 22.6 Å². The summed E-state index contributed by atoms with van der Waals surface area (Å²) in [6.07, 6.45) is 8.65. The molecule has 2 aliphatic rings. The maximum absolute atomic E-state index is 12.5. The third kappa shape index (κ3) is 4.19. The van der Waals surface area contributed by atoms with Crippen LogP contribution >= 0.6 is 0 Å². The molecule has 31 heavy (non-hydrogen) atoms. The lowest BCUT2D eigenvalue weighted by molar-refractivity contribution is -0.117. The molecule has 3 N–H and O–H groups in total. The normalized spacial score (nSPS) is 20.9. The van der Waals surface area contributed by atoms with Crippen LogP contribution < -0.4 is 11.1 Å². The first-order chi connectivity index (χ1) is 14.9. The first-order valence-corrected chi connectivity index (χ1v) is 10.5. The van der Waals surface area contributed by atoms with Gasteiger partial charge in [0.2, 0.25) is 5.91 Å². The Morgan fingerprint density at radius 1 is 1.42 bits per heavy atom. The lowest BCUT2D eigenvalue weighted by Gasteiger charge is -2.16. The number of aliphatic imine (C=N–C) groups is 1. The Morgan fingerprint density at radius 2 is 2.19 bits per heavy atom. The van der Waals surface area contributed by atoms with E-state index >= 15 is 0 Å². The summed E-state index contributed by atoms with van der Waals surface area (Å²) in [7, 11) is 0. The summed E-state index contributed by atoms with van der Waals surface area (Å²) in [5, 5.41) is 13.5. The molecule has 2 heterocycles. The molecular formula is C24H26N6O. The van der Waals surface area contributed by atoms with E-state index in [0.717, 1.165) is 52.4 Å². The highest BCUT2D eigenvalue weighted by atomic mass is 16.2. The number of nitrogens with zero attached hydrogens (tertiary/aromatic N) is 4. The van der Waals surface area contributed by atoms with E-state index in [1.807, 2.05) is 26.0 Å². The number of allylic oxidation sites excluding steroid dienone is 3. The fourth-order valence-electron chi connectivity index (χ4n) is 4.00. The number of hydrogen-bond donors (Lipinski definition) is 2. The second-order valence-electron chi connectivity index (χ2n) is 8.41. The Bertz CT molecular complexity index is 1170. The molecule has 0 spiro atoms. The second kappa shape index (κ2) is 8.31. The van der Waals surface area contributed by atoms with Crippen LogP contribution in [0.15, 0.2) is 35.1 Å². The Kier molecular flexibility index (Phi) is 5.55. The van der Waals surface area contributed by atoms with E-state index in [2.05, 4.69) is 28.1 Å². The fourth-order valence-corrected chi connectivity index (χ4v) is 4.00. The molecule has 2 aromatic rings. The minimum absolute atomic E-state index is 0.0729. The molecule has 0 bridgehead atoms. The van der Waals surface area contributed by atoms with Crippen LogP contribution in [0.4, 0.5) is 11.6 Å². The summed E-state index contributed by atoms with van der Waals surface area (Å²) in [6, 6.07) is 4.05. The summed E-state index contributed by atoms with van der Waals surface area (Å²) >= 11 is 0. The number of anilines is 2. The number of amides is 1. The number of hydrogen-bond acceptors (Lipinski definition) is 6. The van der Waals surface area contributed by atoms with Crippen molar-refractivity contribution in [3.8, 4) is 6.07 Å². The molecule has 0 unspecified atom stereocenters. The molecule has 0 saturated heterocycles. The maximum atomic E-state index is 12.5. The molecule has 2 saturated carbocycles. The van der Waals surface area contributed by atoms with Gasteiger partial charge in [0.15, 0.2) is 0 Å². The van der Waals surface area contributed by atoms with Crippen molar-refractivity contribution >= 4 is 40.6 Å². The molecule has 0 aromatic carbocycles. The van der Waals surface area contributed by atoms with Crippen molar-refractivity contribution in [2.75, 3.05) is 11.1 Å². The summed E-state index contributed by atoms with van der Waals surface area (Å²) in [5.41, 5.74) is 10.4. The van der Waals surface area contributed by atoms with E-state index in [-0.39, 0.29) is 17.7 Å². The third-order valence-electron chi connectivity index (χ3n) is 6.18. The van der Waals surface area contributed by atoms with Gasteiger partial charge in [-0.15, -0.1) is 0 Å². The zero-order chi connectivity index (χ0) is 22.1. The lowest BCUT2D eigenvalue weighted by atomic mass is 9.95. The highest BCUT2D eigenvalue weighted by Gasteiger charge is 2.42. The van der Waals surface area contributed by atoms with E-state index in [1.165, 1.54) is 0 Å². The number of carbonyl (C=O) groups excluding carboxylic acids is 1. The van der Waals surface area contributed by atoms with Gasteiger partial charge in [-0.1, -0.05) is 0 Å². The SMILES string of the molecule is C=N/C=C\C(C)=C(/C)c1nc(N)c2cnc(NC(=O)[C@@H]3C[C@H]3CC#N)cc2c1C1CC1. The van der Waals surface area contributed by atoms with Crippen molar-refractivity contribution in [1.29, 1.82) is 5.26 Å². The lowest BCUT2D eigenvalue weighted by Crippen LogP contribution is -2.16. The standard InChI is InChI=1S/C24H26N6O/c1-13(7-9-27-3)14(2)22-21(15-4-5-15)18-11-20(28-12-19(18)23(26)30-22)29-24(31)17-10-16(17)6-8-25/h7,9,11-12,15-17H,3-6,10H2,1-2H3,(H2,26,30)(H,28,29,31)/b9-7-,14-13+/t16-,17-/m1/s1. The number of pyridine rings is 2. The van der Waals surface area contributed by atoms with Crippen molar-refractivity contribution in [3.63, 3.8) is 0 Å². The number of fused-ring (bicyclic) bond motifs is 1. The van der Waals surface area contributed by atoms with Gasteiger partial charge >= 0.3 is 0 Å². The highest BCUT2D eigenvalue weighted by molar-refractivity contribution is 6.00. The molecule has 7 heteroatoms. The molecule has 158 valence electrons. The fraction of sp³-hybridized carbons (Fsp3) is 0.375. The molecule has 0 radical (unpaired) electrons. The van der Waals surface area contributed by atoms with Gasteiger partial charge in [0.05, 0.1) is 11.8 Å². The number of carbonyl (C=O) groups is 1. The number of aromatic nitrogens is 2. The van der Waals surface area contributed by atoms with Gasteiger partial charge in [-0.05, 0) is 85.9 Å². The minimum atomic E-state index is -0.101. The Labute approximate surface area is 181 Å². The zero-order valence-corrected chi connectivity index (χ0v) is 17.9. The van der Waals surface area contributed by atoms with E-state index in [9.17, 15) is 4.79 Å². The van der Waals surface area contributed by atoms with Gasteiger partial charge in [0.1, 0.15) is 11.6 Å². The van der Waals surface area contributed by atoms with Gasteiger partial charge in [-0.3, -0.25) is 9.79 Å². The Hall–Kier alpha value is -3.53. The summed E-state index contributed by atoms with van der Waals surface area (Å²) in [4.78, 5) is 25.5. The highest BCUT2D eigenvalue weighted by Crippen LogP contribution is 2.47. The van der Waals surface area contributed by atoms with Crippen LogP contribution in [0.5, 0.6) is 0 Å². The van der Waals surface area contributed by atoms with Crippen molar-refractivity contribution in [2.24, 2.45) is 16.8 Å². The molecule has 7 nitrogen and oxygen atoms in total. The van der Waals surface area contributed by atoms with Crippen molar-refractivity contribution in [3.05, 3.63) is 41.4 Å². The number of nitrogens with one attached hydrogen (secondary N) is 1. The third-order valence-corrected chi connectivity index (χ3v) is 6.18. The molecule has 2 aliphatic carbocycles. The topological polar surface area (TPSA) is 117 Å². The predicted molar refractivity (Wildman–Crippen MR) is 123 cm³/mol. The van der Waals surface area contributed by atoms with Gasteiger partial charge in [0.25, 0.3) is 0 Å². The number of rotatable bonds is 7. The van der Waals surface area contributed by atoms with Crippen LogP contribution in [0, 0.1) is 23.2 Å². The average molecular weight is 415 g/mol. The molecular weight excluding hydrogens is 388 g/mol. The largest absolute Gasteiger partial charge is 0.383 e. The van der Waals surface area contributed by atoms with Gasteiger partial charge < -0.3 is 11.1 Å². The minimum Gasteiger partial charge on any atom is -0.383 e. The number of nitriles is 1. The molecule has 4 rings (SSSR count). The van der Waals surface area contributed by atoms with Gasteiger partial charge in [-0.2, -0.15) is 5.26 Å². The van der Waals surface area contributed by atoms with E-state index in [4.69, 9.17) is 16.0 Å². The second-order valence-corrected chi connectivity index (χ2v) is 8.41. The summed E-state index contributed by atoms with van der Waals surface area (Å²) in [5.74, 6) is 1.34. The summed E-state index contributed by atoms with van der Waals surface area (Å²) < 4.78 is 0. The summed E-state index contributed by atoms with van der Waals surface area (Å²) in [6.45, 7) is 7.54. The van der Waals surface area contributed by atoms with Crippen molar-refractivity contribution in [1.82, 2.24) is 9.97 Å². The first-order valence-electron chi connectivity index (χ1n) is 10.5. The Balaban J connectivity index is 1.75. The van der Waals surface area contributed by atoms with Crippen LogP contribution in [-0.2, 0) is 4.79 Å². The van der Waals surface area contributed by atoms with Crippen LogP contribution in [0.25, 0.3) is 16.3 Å². The number of nitrogen functional groups attached to an aromatic ring is 1. The van der Waals surface area contributed by atoms with Crippen molar-refractivity contribution in [2.45, 2.75) is 45.4 Å². The monoisotopic (exact) mass is 414 g/mol. The Morgan fingerprint density at radius 3 is 2.87 bits per heavy atom. The molecule has 2 atom stereocenters. The zero-order valence-electron chi connectivity index (χ0n) is 17.9.